The molecule has 0 aliphatic carbocycles. The van der Waals surface area contributed by atoms with Crippen LogP contribution in [0.5, 0.6) is 28.7 Å². The summed E-state index contributed by atoms with van der Waals surface area (Å²) in [5.74, 6) is 1.60. The van der Waals surface area contributed by atoms with Gasteiger partial charge in [-0.05, 0) is 92.1 Å². The molecule has 32 heavy (non-hydrogen) atoms. The van der Waals surface area contributed by atoms with E-state index in [-0.39, 0.29) is 17.2 Å². The number of aromatic hydroxyl groups is 3. The number of phenols is 3. The Kier molecular flexibility index (Phi) is 5.65. The molecule has 0 saturated carbocycles. The summed E-state index contributed by atoms with van der Waals surface area (Å²) in [7, 11) is 0. The van der Waals surface area contributed by atoms with Crippen LogP contribution in [-0.2, 0) is 0 Å². The van der Waals surface area contributed by atoms with Crippen molar-refractivity contribution < 1.29 is 20.1 Å². The number of benzene rings is 4. The van der Waals surface area contributed by atoms with E-state index in [2.05, 4.69) is 0 Å². The largest absolute Gasteiger partial charge is 0.508 e. The van der Waals surface area contributed by atoms with Crippen LogP contribution in [0.4, 0.5) is 17.1 Å². The molecule has 0 atom stereocenters. The van der Waals surface area contributed by atoms with Crippen LogP contribution in [0.25, 0.3) is 0 Å². The van der Waals surface area contributed by atoms with Crippen molar-refractivity contribution in [3.05, 3.63) is 95.6 Å². The molecule has 4 aromatic carbocycles. The first-order valence-corrected chi connectivity index (χ1v) is 10.3. The highest BCUT2D eigenvalue weighted by Crippen LogP contribution is 2.44. The third-order valence-corrected chi connectivity index (χ3v) is 5.21. The molecule has 0 amide bonds. The lowest BCUT2D eigenvalue weighted by molar-refractivity contribution is 0.461. The third-order valence-electron chi connectivity index (χ3n) is 5.21. The molecule has 3 N–H and O–H groups in total. The first-order chi connectivity index (χ1) is 15.3. The smallest absolute Gasteiger partial charge is 0.139 e. The molecular formula is C27H25NO4. The van der Waals surface area contributed by atoms with Crippen molar-refractivity contribution in [2.75, 3.05) is 4.90 Å². The van der Waals surface area contributed by atoms with Gasteiger partial charge in [-0.1, -0.05) is 18.2 Å². The van der Waals surface area contributed by atoms with Gasteiger partial charge in [0.05, 0.1) is 17.1 Å². The highest BCUT2D eigenvalue weighted by Gasteiger charge is 2.20. The van der Waals surface area contributed by atoms with Crippen LogP contribution in [0, 0.1) is 20.8 Å². The van der Waals surface area contributed by atoms with Gasteiger partial charge in [-0.25, -0.2) is 0 Å². The molecule has 0 fully saturated rings. The molecule has 0 aliphatic rings. The standard InChI is InChI=1S/C27H25NO4/c1-17-7-10-23(25(30)13-17)28(24-11-8-18(2)14-26(24)31)20-5-4-6-22(16-20)32-27-12-9-21(29)15-19(27)3/h4-16,29-31H,1-3H3. The normalized spacial score (nSPS) is 10.7. The van der Waals surface area contributed by atoms with Crippen molar-refractivity contribution in [2.24, 2.45) is 0 Å². The van der Waals surface area contributed by atoms with Gasteiger partial charge in [-0.3, -0.25) is 0 Å². The van der Waals surface area contributed by atoms with E-state index < -0.39 is 0 Å². The molecule has 162 valence electrons. The van der Waals surface area contributed by atoms with Gasteiger partial charge in [0.15, 0.2) is 0 Å². The van der Waals surface area contributed by atoms with E-state index in [9.17, 15) is 15.3 Å². The first-order valence-electron chi connectivity index (χ1n) is 10.3. The maximum atomic E-state index is 10.7. The Balaban J connectivity index is 1.82. The highest BCUT2D eigenvalue weighted by atomic mass is 16.5. The Bertz CT molecular complexity index is 1230. The zero-order valence-corrected chi connectivity index (χ0v) is 18.2. The summed E-state index contributed by atoms with van der Waals surface area (Å²) < 4.78 is 6.06. The van der Waals surface area contributed by atoms with Gasteiger partial charge in [0, 0.05) is 6.07 Å². The highest BCUT2D eigenvalue weighted by molar-refractivity contribution is 5.83. The summed E-state index contributed by atoms with van der Waals surface area (Å²) in [6.45, 7) is 5.68. The molecule has 4 aromatic rings. The molecule has 0 radical (unpaired) electrons. The third kappa shape index (κ3) is 4.32. The molecule has 0 heterocycles. The van der Waals surface area contributed by atoms with Crippen LogP contribution in [0.3, 0.4) is 0 Å². The van der Waals surface area contributed by atoms with Crippen LogP contribution >= 0.6 is 0 Å². The molecule has 0 unspecified atom stereocenters. The van der Waals surface area contributed by atoms with Crippen LogP contribution in [0.15, 0.2) is 78.9 Å². The van der Waals surface area contributed by atoms with E-state index in [0.29, 0.717) is 28.6 Å². The summed E-state index contributed by atoms with van der Waals surface area (Å²) in [5, 5.41) is 31.1. The topological polar surface area (TPSA) is 73.2 Å². The zero-order valence-electron chi connectivity index (χ0n) is 18.2. The molecule has 0 aromatic heterocycles. The van der Waals surface area contributed by atoms with Gasteiger partial charge in [0.25, 0.3) is 0 Å². The van der Waals surface area contributed by atoms with Crippen LogP contribution < -0.4 is 9.64 Å². The number of nitrogens with zero attached hydrogens (tertiary/aromatic N) is 1. The number of aryl methyl sites for hydroxylation is 3. The maximum Gasteiger partial charge on any atom is 0.139 e. The molecule has 0 aliphatic heterocycles. The molecule has 5 heteroatoms. The molecule has 4 rings (SSSR count). The van der Waals surface area contributed by atoms with Gasteiger partial charge >= 0.3 is 0 Å². The number of hydrogen-bond donors (Lipinski definition) is 3. The van der Waals surface area contributed by atoms with Crippen LogP contribution in [0.1, 0.15) is 16.7 Å². The predicted octanol–water partition coefficient (Wildman–Crippen LogP) is 6.99. The summed E-state index contributed by atoms with van der Waals surface area (Å²) in [5.41, 5.74) is 4.44. The SMILES string of the molecule is Cc1ccc(N(c2cccc(Oc3ccc(O)cc3C)c2)c2ccc(C)cc2O)c(O)c1. The minimum atomic E-state index is 0.102. The number of anilines is 3. The van der Waals surface area contributed by atoms with E-state index in [1.54, 1.807) is 35.2 Å². The zero-order chi connectivity index (χ0) is 22.8. The number of phenolic OH excluding ortho intramolecular Hbond substituents is 3. The van der Waals surface area contributed by atoms with Gasteiger partial charge in [0.1, 0.15) is 28.7 Å². The second-order valence-electron chi connectivity index (χ2n) is 7.87. The lowest BCUT2D eigenvalue weighted by atomic mass is 10.1. The van der Waals surface area contributed by atoms with Crippen molar-refractivity contribution >= 4 is 17.1 Å². The van der Waals surface area contributed by atoms with E-state index in [4.69, 9.17) is 4.74 Å². The fraction of sp³-hybridized carbons (Fsp3) is 0.111. The molecular weight excluding hydrogens is 402 g/mol. The lowest BCUT2D eigenvalue weighted by Gasteiger charge is -2.27. The average molecular weight is 428 g/mol. The fourth-order valence-corrected chi connectivity index (χ4v) is 3.61. The van der Waals surface area contributed by atoms with Gasteiger partial charge < -0.3 is 25.0 Å². The lowest BCUT2D eigenvalue weighted by Crippen LogP contribution is -2.10. The van der Waals surface area contributed by atoms with Crippen LogP contribution in [-0.4, -0.2) is 15.3 Å². The van der Waals surface area contributed by atoms with Crippen molar-refractivity contribution in [3.8, 4) is 28.7 Å². The van der Waals surface area contributed by atoms with E-state index >= 15 is 0 Å². The monoisotopic (exact) mass is 427 g/mol. The van der Waals surface area contributed by atoms with Crippen LogP contribution in [0.2, 0.25) is 0 Å². The van der Waals surface area contributed by atoms with Crippen molar-refractivity contribution in [1.29, 1.82) is 0 Å². The fourth-order valence-electron chi connectivity index (χ4n) is 3.61. The van der Waals surface area contributed by atoms with Gasteiger partial charge in [-0.2, -0.15) is 0 Å². The Morgan fingerprint density at radius 3 is 1.84 bits per heavy atom. The van der Waals surface area contributed by atoms with Gasteiger partial charge in [0.2, 0.25) is 0 Å². The second-order valence-corrected chi connectivity index (χ2v) is 7.87. The number of hydrogen-bond acceptors (Lipinski definition) is 5. The van der Waals surface area contributed by atoms with E-state index in [0.717, 1.165) is 16.7 Å². The molecule has 0 bridgehead atoms. The molecule has 5 nitrogen and oxygen atoms in total. The van der Waals surface area contributed by atoms with Crippen molar-refractivity contribution in [3.63, 3.8) is 0 Å². The first kappa shape index (κ1) is 21.1. The second kappa shape index (κ2) is 8.55. The van der Waals surface area contributed by atoms with Crippen molar-refractivity contribution in [1.82, 2.24) is 0 Å². The molecule has 0 spiro atoms. The Hall–Kier alpha value is -4.12. The minimum absolute atomic E-state index is 0.102. The quantitative estimate of drug-likeness (QED) is 0.320. The average Bonchev–Trinajstić information content (AvgIpc) is 2.73. The Morgan fingerprint density at radius 1 is 0.656 bits per heavy atom. The molecule has 0 saturated heterocycles. The Labute approximate surface area is 187 Å². The minimum Gasteiger partial charge on any atom is -0.508 e. The predicted molar refractivity (Wildman–Crippen MR) is 127 cm³/mol. The van der Waals surface area contributed by atoms with E-state index in [1.165, 1.54) is 0 Å². The Morgan fingerprint density at radius 2 is 1.28 bits per heavy atom. The van der Waals surface area contributed by atoms with Gasteiger partial charge in [-0.15, -0.1) is 0 Å². The van der Waals surface area contributed by atoms with Crippen molar-refractivity contribution in [2.45, 2.75) is 20.8 Å². The summed E-state index contributed by atoms with van der Waals surface area (Å²) in [4.78, 5) is 1.79. The number of ether oxygens (including phenoxy) is 1. The number of rotatable bonds is 5. The summed E-state index contributed by atoms with van der Waals surface area (Å²) in [6, 6.07) is 23.2. The maximum absolute atomic E-state index is 10.7. The van der Waals surface area contributed by atoms with E-state index in [1.807, 2.05) is 69.3 Å². The summed E-state index contributed by atoms with van der Waals surface area (Å²) >= 11 is 0. The summed E-state index contributed by atoms with van der Waals surface area (Å²) in [6.07, 6.45) is 0.